The van der Waals surface area contributed by atoms with Gasteiger partial charge in [0.05, 0.1) is 6.04 Å². The lowest BCUT2D eigenvalue weighted by Gasteiger charge is -2.17. The Morgan fingerprint density at radius 1 is 0.963 bits per heavy atom. The maximum absolute atomic E-state index is 12.7. The second-order valence-corrected chi connectivity index (χ2v) is 6.86. The lowest BCUT2D eigenvalue weighted by atomic mass is 10.00. The van der Waals surface area contributed by atoms with Crippen LogP contribution in [0, 0.1) is 13.8 Å². The molecule has 0 saturated heterocycles. The summed E-state index contributed by atoms with van der Waals surface area (Å²) in [6.07, 6.45) is 0. The standard InChI is InChI=1S/C24H25NO2/c1-17-12-13-23(18(2)14-17)19(3)25-24(26)21-10-7-11-22(15-21)27-16-20-8-5-4-6-9-20/h4-15,19H,16H2,1-3H3,(H,25,26)/t19-/m0/s1. The van der Waals surface area contributed by atoms with E-state index >= 15 is 0 Å². The lowest BCUT2D eigenvalue weighted by molar-refractivity contribution is 0.0939. The number of rotatable bonds is 6. The van der Waals surface area contributed by atoms with Crippen LogP contribution in [0.1, 0.15) is 45.6 Å². The quantitative estimate of drug-likeness (QED) is 0.642. The first kappa shape index (κ1) is 18.7. The van der Waals surface area contributed by atoms with Crippen molar-refractivity contribution in [3.05, 3.63) is 101 Å². The van der Waals surface area contributed by atoms with Crippen LogP contribution in [0.15, 0.2) is 72.8 Å². The van der Waals surface area contributed by atoms with E-state index in [1.54, 1.807) is 12.1 Å². The summed E-state index contributed by atoms with van der Waals surface area (Å²) in [7, 11) is 0. The lowest BCUT2D eigenvalue weighted by Crippen LogP contribution is -2.27. The molecule has 0 aliphatic carbocycles. The van der Waals surface area contributed by atoms with E-state index < -0.39 is 0 Å². The SMILES string of the molecule is Cc1ccc([C@H](C)NC(=O)c2cccc(OCc3ccccc3)c2)c(C)c1. The van der Waals surface area contributed by atoms with Crippen LogP contribution in [-0.2, 0) is 6.61 Å². The van der Waals surface area contributed by atoms with E-state index in [0.717, 1.165) is 11.1 Å². The average Bonchev–Trinajstić information content (AvgIpc) is 2.67. The normalized spacial score (nSPS) is 11.7. The largest absolute Gasteiger partial charge is 0.489 e. The van der Waals surface area contributed by atoms with Crippen molar-refractivity contribution in [2.24, 2.45) is 0 Å². The van der Waals surface area contributed by atoms with Crippen LogP contribution >= 0.6 is 0 Å². The van der Waals surface area contributed by atoms with Crippen LogP contribution in [0.25, 0.3) is 0 Å². The van der Waals surface area contributed by atoms with E-state index in [9.17, 15) is 4.79 Å². The third-order valence-corrected chi connectivity index (χ3v) is 4.58. The molecule has 1 amide bonds. The monoisotopic (exact) mass is 359 g/mol. The van der Waals surface area contributed by atoms with Gasteiger partial charge in [0.15, 0.2) is 0 Å². The van der Waals surface area contributed by atoms with E-state index in [1.807, 2.05) is 49.4 Å². The second-order valence-electron chi connectivity index (χ2n) is 6.86. The molecule has 0 aliphatic heterocycles. The Labute approximate surface area is 161 Å². The number of nitrogens with one attached hydrogen (secondary N) is 1. The first-order valence-electron chi connectivity index (χ1n) is 9.18. The summed E-state index contributed by atoms with van der Waals surface area (Å²) < 4.78 is 5.82. The molecule has 138 valence electrons. The second kappa shape index (κ2) is 8.54. The highest BCUT2D eigenvalue weighted by Crippen LogP contribution is 2.20. The molecule has 0 spiro atoms. The van der Waals surface area contributed by atoms with Gasteiger partial charge in [-0.2, -0.15) is 0 Å². The van der Waals surface area contributed by atoms with Crippen molar-refractivity contribution < 1.29 is 9.53 Å². The van der Waals surface area contributed by atoms with Gasteiger partial charge in [0.2, 0.25) is 0 Å². The van der Waals surface area contributed by atoms with Crippen molar-refractivity contribution in [2.45, 2.75) is 33.4 Å². The molecule has 3 nitrogen and oxygen atoms in total. The summed E-state index contributed by atoms with van der Waals surface area (Å²) >= 11 is 0. The molecule has 0 bridgehead atoms. The highest BCUT2D eigenvalue weighted by atomic mass is 16.5. The summed E-state index contributed by atoms with van der Waals surface area (Å²) in [6, 6.07) is 23.5. The van der Waals surface area contributed by atoms with Gasteiger partial charge in [0, 0.05) is 5.56 Å². The fourth-order valence-electron chi connectivity index (χ4n) is 3.14. The van der Waals surface area contributed by atoms with Crippen LogP contribution in [-0.4, -0.2) is 5.91 Å². The smallest absolute Gasteiger partial charge is 0.251 e. The van der Waals surface area contributed by atoms with E-state index in [-0.39, 0.29) is 11.9 Å². The number of amides is 1. The number of aryl methyl sites for hydroxylation is 2. The number of carbonyl (C=O) groups is 1. The third kappa shape index (κ3) is 4.98. The van der Waals surface area contributed by atoms with E-state index in [2.05, 4.69) is 37.4 Å². The number of ether oxygens (including phenoxy) is 1. The molecule has 1 atom stereocenters. The summed E-state index contributed by atoms with van der Waals surface area (Å²) in [6.45, 7) is 6.63. The molecule has 0 unspecified atom stereocenters. The molecule has 0 radical (unpaired) electrons. The highest BCUT2D eigenvalue weighted by molar-refractivity contribution is 5.94. The van der Waals surface area contributed by atoms with Gasteiger partial charge in [0.1, 0.15) is 12.4 Å². The molecule has 0 heterocycles. The summed E-state index contributed by atoms with van der Waals surface area (Å²) in [5.74, 6) is 0.582. The number of hydrogen-bond donors (Lipinski definition) is 1. The Balaban J connectivity index is 1.66. The molecule has 0 fully saturated rings. The molecule has 0 aromatic heterocycles. The average molecular weight is 359 g/mol. The maximum Gasteiger partial charge on any atom is 0.251 e. The predicted molar refractivity (Wildman–Crippen MR) is 109 cm³/mol. The first-order valence-corrected chi connectivity index (χ1v) is 9.18. The minimum absolute atomic E-state index is 0.0630. The molecule has 3 aromatic rings. The molecule has 1 N–H and O–H groups in total. The zero-order chi connectivity index (χ0) is 19.2. The van der Waals surface area contributed by atoms with E-state index in [1.165, 1.54) is 11.1 Å². The Kier molecular flexibility index (Phi) is 5.92. The van der Waals surface area contributed by atoms with Gasteiger partial charge >= 0.3 is 0 Å². The van der Waals surface area contributed by atoms with Gasteiger partial charge in [0.25, 0.3) is 5.91 Å². The summed E-state index contributed by atoms with van der Waals surface area (Å²) in [5, 5.41) is 3.08. The molecule has 27 heavy (non-hydrogen) atoms. The molecular formula is C24H25NO2. The fraction of sp³-hybridized carbons (Fsp3) is 0.208. The summed E-state index contributed by atoms with van der Waals surface area (Å²) in [4.78, 5) is 12.7. The highest BCUT2D eigenvalue weighted by Gasteiger charge is 2.14. The van der Waals surface area contributed by atoms with E-state index in [0.29, 0.717) is 17.9 Å². The van der Waals surface area contributed by atoms with Gasteiger partial charge in [-0.05, 0) is 55.7 Å². The fourth-order valence-corrected chi connectivity index (χ4v) is 3.14. The molecular weight excluding hydrogens is 334 g/mol. The number of benzene rings is 3. The zero-order valence-electron chi connectivity index (χ0n) is 16.0. The van der Waals surface area contributed by atoms with Gasteiger partial charge in [-0.15, -0.1) is 0 Å². The molecule has 3 heteroatoms. The van der Waals surface area contributed by atoms with Crippen LogP contribution in [0.3, 0.4) is 0 Å². The Bertz CT molecular complexity index is 919. The summed E-state index contributed by atoms with van der Waals surface area (Å²) in [5.41, 5.74) is 5.22. The first-order chi connectivity index (χ1) is 13.0. The van der Waals surface area contributed by atoms with Crippen molar-refractivity contribution in [1.82, 2.24) is 5.32 Å². The zero-order valence-corrected chi connectivity index (χ0v) is 16.0. The minimum atomic E-state index is -0.104. The van der Waals surface area contributed by atoms with Crippen molar-refractivity contribution >= 4 is 5.91 Å². The predicted octanol–water partition coefficient (Wildman–Crippen LogP) is 5.37. The number of hydrogen-bond acceptors (Lipinski definition) is 2. The van der Waals surface area contributed by atoms with Crippen molar-refractivity contribution in [1.29, 1.82) is 0 Å². The van der Waals surface area contributed by atoms with Gasteiger partial charge in [-0.1, -0.05) is 60.2 Å². The third-order valence-electron chi connectivity index (χ3n) is 4.58. The van der Waals surface area contributed by atoms with Crippen LogP contribution < -0.4 is 10.1 Å². The van der Waals surface area contributed by atoms with Crippen LogP contribution in [0.5, 0.6) is 5.75 Å². The Hall–Kier alpha value is -3.07. The van der Waals surface area contributed by atoms with Gasteiger partial charge in [-0.25, -0.2) is 0 Å². The van der Waals surface area contributed by atoms with Crippen molar-refractivity contribution in [3.8, 4) is 5.75 Å². The van der Waals surface area contributed by atoms with Gasteiger partial charge in [-0.3, -0.25) is 4.79 Å². The topological polar surface area (TPSA) is 38.3 Å². The van der Waals surface area contributed by atoms with Crippen molar-refractivity contribution in [2.75, 3.05) is 0 Å². The van der Waals surface area contributed by atoms with Crippen molar-refractivity contribution in [3.63, 3.8) is 0 Å². The van der Waals surface area contributed by atoms with E-state index in [4.69, 9.17) is 4.74 Å². The maximum atomic E-state index is 12.7. The van der Waals surface area contributed by atoms with Crippen LogP contribution in [0.4, 0.5) is 0 Å². The molecule has 0 saturated carbocycles. The minimum Gasteiger partial charge on any atom is -0.489 e. The molecule has 3 rings (SSSR count). The molecule has 3 aromatic carbocycles. The van der Waals surface area contributed by atoms with Crippen LogP contribution in [0.2, 0.25) is 0 Å². The Morgan fingerprint density at radius 3 is 2.48 bits per heavy atom. The van der Waals surface area contributed by atoms with Gasteiger partial charge < -0.3 is 10.1 Å². The number of carbonyl (C=O) groups excluding carboxylic acids is 1. The Morgan fingerprint density at radius 2 is 1.74 bits per heavy atom. The molecule has 0 aliphatic rings.